The van der Waals surface area contributed by atoms with Crippen molar-refractivity contribution in [2.75, 3.05) is 48.9 Å². The number of piperidine rings is 1. The van der Waals surface area contributed by atoms with Crippen molar-refractivity contribution in [2.24, 2.45) is 0 Å². The second-order valence-electron chi connectivity index (χ2n) is 9.68. The zero-order valence-corrected chi connectivity index (χ0v) is 22.5. The van der Waals surface area contributed by atoms with E-state index < -0.39 is 0 Å². The van der Waals surface area contributed by atoms with Crippen LogP contribution in [0.15, 0.2) is 67.4 Å². The van der Waals surface area contributed by atoms with Gasteiger partial charge in [0.15, 0.2) is 11.5 Å². The summed E-state index contributed by atoms with van der Waals surface area (Å²) in [5.74, 6) is 2.33. The third kappa shape index (κ3) is 5.66. The van der Waals surface area contributed by atoms with Crippen LogP contribution in [0.1, 0.15) is 18.4 Å². The van der Waals surface area contributed by atoms with E-state index in [9.17, 15) is 9.59 Å². The van der Waals surface area contributed by atoms with Gasteiger partial charge in [0.25, 0.3) is 0 Å². The molecule has 40 heavy (non-hydrogen) atoms. The number of hydrogen-bond acceptors (Lipinski definition) is 8. The van der Waals surface area contributed by atoms with Gasteiger partial charge in [-0.15, -0.1) is 0 Å². The maximum Gasteiger partial charge on any atom is 0.246 e. The second kappa shape index (κ2) is 12.0. The second-order valence-corrected chi connectivity index (χ2v) is 9.68. The Morgan fingerprint density at radius 1 is 1.18 bits per heavy atom. The topological polar surface area (TPSA) is 110 Å². The Bertz CT molecular complexity index is 1380. The highest BCUT2D eigenvalue weighted by Gasteiger charge is 2.30. The SMILES string of the molecule is C=CC(=O)N1CCCC(N(C=O)c2ccnc(N)c2N(C)c2ccc(OCc3ccc4c(c3)OCCO4)cc2)C1. The van der Waals surface area contributed by atoms with Crippen molar-refractivity contribution in [2.45, 2.75) is 25.5 Å². The zero-order valence-electron chi connectivity index (χ0n) is 22.5. The highest BCUT2D eigenvalue weighted by molar-refractivity contribution is 5.92. The van der Waals surface area contributed by atoms with E-state index in [2.05, 4.69) is 11.6 Å². The molecule has 1 aromatic heterocycles. The lowest BCUT2D eigenvalue weighted by Crippen LogP contribution is -2.49. The largest absolute Gasteiger partial charge is 0.489 e. The Morgan fingerprint density at radius 3 is 2.70 bits per heavy atom. The molecule has 0 radical (unpaired) electrons. The van der Waals surface area contributed by atoms with Gasteiger partial charge in [0.05, 0.1) is 11.7 Å². The molecular formula is C30H33N5O5. The van der Waals surface area contributed by atoms with Crippen molar-refractivity contribution in [3.63, 3.8) is 0 Å². The molecule has 1 unspecified atom stereocenters. The number of anilines is 4. The lowest BCUT2D eigenvalue weighted by Gasteiger charge is -2.38. The number of benzene rings is 2. The number of nitrogen functional groups attached to an aromatic ring is 1. The molecule has 1 atom stereocenters. The molecule has 2 aromatic carbocycles. The van der Waals surface area contributed by atoms with Crippen LogP contribution in [-0.2, 0) is 16.2 Å². The van der Waals surface area contributed by atoms with E-state index in [4.69, 9.17) is 19.9 Å². The lowest BCUT2D eigenvalue weighted by molar-refractivity contribution is -0.127. The number of aromatic nitrogens is 1. The normalized spacial score (nSPS) is 16.1. The number of pyridine rings is 1. The molecule has 0 bridgehead atoms. The van der Waals surface area contributed by atoms with Gasteiger partial charge in [0.1, 0.15) is 37.1 Å². The summed E-state index contributed by atoms with van der Waals surface area (Å²) in [6, 6.07) is 15.0. The predicted molar refractivity (Wildman–Crippen MR) is 153 cm³/mol. The molecule has 1 saturated heterocycles. The molecule has 5 rings (SSSR count). The quantitative estimate of drug-likeness (QED) is 0.319. The summed E-state index contributed by atoms with van der Waals surface area (Å²) in [4.78, 5) is 34.2. The van der Waals surface area contributed by atoms with Crippen LogP contribution in [-0.4, -0.2) is 61.6 Å². The van der Waals surface area contributed by atoms with Gasteiger partial charge in [-0.3, -0.25) is 9.59 Å². The molecule has 2 aliphatic rings. The average Bonchev–Trinajstić information content (AvgIpc) is 3.00. The Balaban J connectivity index is 1.32. The number of hydrogen-bond donors (Lipinski definition) is 1. The Morgan fingerprint density at radius 2 is 1.95 bits per heavy atom. The summed E-state index contributed by atoms with van der Waals surface area (Å²) in [6.07, 6.45) is 5.24. The van der Waals surface area contributed by atoms with E-state index in [1.54, 1.807) is 22.1 Å². The number of rotatable bonds is 9. The molecule has 10 nitrogen and oxygen atoms in total. The molecule has 0 spiro atoms. The Labute approximate surface area is 233 Å². The standard InChI is InChI=1S/C30H33N5O5/c1-3-28(37)34-14-4-5-23(18-34)35(20-36)25-12-13-32-30(31)29(25)33(2)22-7-9-24(10-8-22)40-19-21-6-11-26-27(17-21)39-16-15-38-26/h3,6-13,17,20,23H,1,4-5,14-16,18-19H2,2H3,(H2,31,32). The van der Waals surface area contributed by atoms with Crippen molar-refractivity contribution >= 4 is 35.2 Å². The van der Waals surface area contributed by atoms with E-state index in [0.29, 0.717) is 55.9 Å². The number of amides is 2. The lowest BCUT2D eigenvalue weighted by atomic mass is 10.0. The predicted octanol–water partition coefficient (Wildman–Crippen LogP) is 3.92. The molecule has 0 saturated carbocycles. The summed E-state index contributed by atoms with van der Waals surface area (Å²) in [5.41, 5.74) is 9.40. The number of nitrogens with two attached hydrogens (primary N) is 1. The van der Waals surface area contributed by atoms with E-state index in [0.717, 1.165) is 42.0 Å². The molecule has 208 valence electrons. The van der Waals surface area contributed by atoms with Gasteiger partial charge in [0, 0.05) is 32.0 Å². The minimum Gasteiger partial charge on any atom is -0.489 e. The maximum atomic E-state index is 12.4. The number of carbonyl (C=O) groups excluding carboxylic acids is 2. The van der Waals surface area contributed by atoms with Gasteiger partial charge in [0.2, 0.25) is 12.3 Å². The van der Waals surface area contributed by atoms with Crippen LogP contribution in [0.5, 0.6) is 17.2 Å². The summed E-state index contributed by atoms with van der Waals surface area (Å²) < 4.78 is 17.2. The number of fused-ring (bicyclic) bond motifs is 1. The average molecular weight is 544 g/mol. The van der Waals surface area contributed by atoms with Crippen LogP contribution < -0.4 is 29.7 Å². The minimum atomic E-state index is -0.194. The smallest absolute Gasteiger partial charge is 0.246 e. The highest BCUT2D eigenvalue weighted by Crippen LogP contribution is 2.39. The summed E-state index contributed by atoms with van der Waals surface area (Å²) in [5, 5.41) is 0. The van der Waals surface area contributed by atoms with Crippen molar-refractivity contribution in [1.82, 2.24) is 9.88 Å². The first-order valence-corrected chi connectivity index (χ1v) is 13.2. The number of nitrogens with zero attached hydrogens (tertiary/aromatic N) is 4. The molecule has 10 heteroatoms. The molecule has 2 aliphatic heterocycles. The van der Waals surface area contributed by atoms with Gasteiger partial charge >= 0.3 is 0 Å². The molecule has 0 aliphatic carbocycles. The Hall–Kier alpha value is -4.73. The van der Waals surface area contributed by atoms with Crippen molar-refractivity contribution in [3.8, 4) is 17.2 Å². The fourth-order valence-electron chi connectivity index (χ4n) is 5.10. The van der Waals surface area contributed by atoms with Crippen LogP contribution in [0.25, 0.3) is 0 Å². The number of carbonyl (C=O) groups is 2. The minimum absolute atomic E-state index is 0.140. The first-order chi connectivity index (χ1) is 19.5. The molecule has 1 fully saturated rings. The summed E-state index contributed by atoms with van der Waals surface area (Å²) in [6.45, 7) is 6.12. The molecule has 3 heterocycles. The van der Waals surface area contributed by atoms with Crippen molar-refractivity contribution < 1.29 is 23.8 Å². The molecule has 2 amide bonds. The summed E-state index contributed by atoms with van der Waals surface area (Å²) in [7, 11) is 1.87. The van der Waals surface area contributed by atoms with Crippen molar-refractivity contribution in [3.05, 3.63) is 72.9 Å². The highest BCUT2D eigenvalue weighted by atomic mass is 16.6. The fourth-order valence-corrected chi connectivity index (χ4v) is 5.10. The van der Waals surface area contributed by atoms with E-state index in [1.165, 1.54) is 6.08 Å². The summed E-state index contributed by atoms with van der Waals surface area (Å²) >= 11 is 0. The van der Waals surface area contributed by atoms with Gasteiger partial charge in [-0.25, -0.2) is 4.98 Å². The monoisotopic (exact) mass is 543 g/mol. The van der Waals surface area contributed by atoms with Gasteiger partial charge in [-0.2, -0.15) is 0 Å². The van der Waals surface area contributed by atoms with Gasteiger partial charge in [-0.1, -0.05) is 12.6 Å². The van der Waals surface area contributed by atoms with Crippen LogP contribution in [0.4, 0.5) is 22.9 Å². The van der Waals surface area contributed by atoms with Gasteiger partial charge in [-0.05, 0) is 66.9 Å². The molecular weight excluding hydrogens is 510 g/mol. The third-order valence-corrected chi connectivity index (χ3v) is 7.17. The van der Waals surface area contributed by atoms with Crippen LogP contribution in [0.3, 0.4) is 0 Å². The van der Waals surface area contributed by atoms with Crippen LogP contribution in [0.2, 0.25) is 0 Å². The van der Waals surface area contributed by atoms with E-state index >= 15 is 0 Å². The molecule has 2 N–H and O–H groups in total. The Kier molecular flexibility index (Phi) is 8.04. The number of ether oxygens (including phenoxy) is 3. The van der Waals surface area contributed by atoms with E-state index in [1.807, 2.05) is 54.4 Å². The van der Waals surface area contributed by atoms with E-state index in [-0.39, 0.29) is 11.9 Å². The first-order valence-electron chi connectivity index (χ1n) is 13.2. The van der Waals surface area contributed by atoms with Crippen molar-refractivity contribution in [1.29, 1.82) is 0 Å². The number of likely N-dealkylation sites (tertiary alicyclic amines) is 1. The zero-order chi connectivity index (χ0) is 28.1. The molecule has 3 aromatic rings. The van der Waals surface area contributed by atoms with Gasteiger partial charge < -0.3 is 34.6 Å². The third-order valence-electron chi connectivity index (χ3n) is 7.17. The van der Waals surface area contributed by atoms with Crippen LogP contribution in [0, 0.1) is 0 Å². The first kappa shape index (κ1) is 26.9. The fraction of sp³-hybridized carbons (Fsp3) is 0.300. The van der Waals surface area contributed by atoms with Crippen LogP contribution >= 0.6 is 0 Å². The maximum absolute atomic E-state index is 12.4.